The van der Waals surface area contributed by atoms with Gasteiger partial charge in [0, 0.05) is 25.2 Å². The Labute approximate surface area is 202 Å². The molecule has 2 saturated heterocycles. The summed E-state index contributed by atoms with van der Waals surface area (Å²) in [5.74, 6) is 1.26. The van der Waals surface area contributed by atoms with Gasteiger partial charge < -0.3 is 9.32 Å². The number of carbonyl (C=O) groups is 1. The summed E-state index contributed by atoms with van der Waals surface area (Å²) in [6.07, 6.45) is 7.39. The smallest absolute Gasteiger partial charge is 0.270 e. The number of thioether (sulfide) groups is 1. The molecule has 1 amide bonds. The van der Waals surface area contributed by atoms with Gasteiger partial charge in [0.2, 0.25) is 0 Å². The topological polar surface area (TPSA) is 82.5 Å². The van der Waals surface area contributed by atoms with Crippen LogP contribution >= 0.6 is 24.0 Å². The zero-order chi connectivity index (χ0) is 23.5. The Morgan fingerprint density at radius 1 is 1.27 bits per heavy atom. The maximum atomic E-state index is 13.2. The number of hydrogen-bond donors (Lipinski definition) is 0. The molecule has 2 fully saturated rings. The van der Waals surface area contributed by atoms with Crippen molar-refractivity contribution < 1.29 is 9.21 Å². The quantitative estimate of drug-likeness (QED) is 0.445. The lowest BCUT2D eigenvalue weighted by Gasteiger charge is -2.33. The summed E-state index contributed by atoms with van der Waals surface area (Å²) >= 11 is 6.72. The van der Waals surface area contributed by atoms with Crippen molar-refractivity contribution in [2.24, 2.45) is 0 Å². The van der Waals surface area contributed by atoms with Crippen molar-refractivity contribution in [2.45, 2.75) is 52.6 Å². The highest BCUT2D eigenvalue weighted by atomic mass is 32.2. The lowest BCUT2D eigenvalue weighted by Crippen LogP contribution is -2.37. The zero-order valence-corrected chi connectivity index (χ0v) is 20.4. The van der Waals surface area contributed by atoms with Gasteiger partial charge in [0.25, 0.3) is 11.5 Å². The van der Waals surface area contributed by atoms with E-state index in [0.717, 1.165) is 50.2 Å². The van der Waals surface area contributed by atoms with Crippen molar-refractivity contribution in [2.75, 3.05) is 18.0 Å². The zero-order valence-electron chi connectivity index (χ0n) is 18.8. The molecule has 0 unspecified atom stereocenters. The maximum absolute atomic E-state index is 13.2. The minimum absolute atomic E-state index is 0.126. The third-order valence-corrected chi connectivity index (χ3v) is 7.37. The molecule has 0 aliphatic carbocycles. The van der Waals surface area contributed by atoms with Gasteiger partial charge in [-0.1, -0.05) is 30.9 Å². The SMILES string of the molecule is CCCn1c(N2CCCCC2)c(/C=C2\SC(=S)N(Cc3ccco3)C2=O)c(C)c(C#N)c1=O. The van der Waals surface area contributed by atoms with Crippen LogP contribution in [0, 0.1) is 18.3 Å². The van der Waals surface area contributed by atoms with E-state index in [1.165, 1.54) is 16.7 Å². The summed E-state index contributed by atoms with van der Waals surface area (Å²) in [6.45, 7) is 6.27. The molecule has 2 aliphatic rings. The molecule has 172 valence electrons. The summed E-state index contributed by atoms with van der Waals surface area (Å²) in [7, 11) is 0. The predicted octanol–water partition coefficient (Wildman–Crippen LogP) is 4.42. The first-order valence-corrected chi connectivity index (χ1v) is 12.4. The number of amides is 1. The highest BCUT2D eigenvalue weighted by Crippen LogP contribution is 2.37. The second kappa shape index (κ2) is 9.98. The van der Waals surface area contributed by atoms with Gasteiger partial charge in [0.15, 0.2) is 0 Å². The normalized spacial score (nSPS) is 17.8. The van der Waals surface area contributed by atoms with E-state index < -0.39 is 0 Å². The third-order valence-electron chi connectivity index (χ3n) is 5.99. The van der Waals surface area contributed by atoms with E-state index in [9.17, 15) is 14.9 Å². The van der Waals surface area contributed by atoms with Gasteiger partial charge in [0.05, 0.1) is 17.7 Å². The van der Waals surface area contributed by atoms with Crippen LogP contribution in [-0.2, 0) is 17.9 Å². The molecule has 4 rings (SSSR count). The molecular weight excluding hydrogens is 456 g/mol. The Bertz CT molecular complexity index is 1200. The summed E-state index contributed by atoms with van der Waals surface area (Å²) in [5.41, 5.74) is 1.22. The van der Waals surface area contributed by atoms with Crippen molar-refractivity contribution in [3.63, 3.8) is 0 Å². The predicted molar refractivity (Wildman–Crippen MR) is 134 cm³/mol. The summed E-state index contributed by atoms with van der Waals surface area (Å²) in [4.78, 5) is 30.7. The molecule has 0 saturated carbocycles. The van der Waals surface area contributed by atoms with Gasteiger partial charge in [-0.3, -0.25) is 19.1 Å². The molecule has 0 atom stereocenters. The molecule has 4 heterocycles. The van der Waals surface area contributed by atoms with E-state index in [1.807, 2.05) is 13.0 Å². The minimum Gasteiger partial charge on any atom is -0.467 e. The highest BCUT2D eigenvalue weighted by Gasteiger charge is 2.34. The van der Waals surface area contributed by atoms with Crippen LogP contribution in [0.4, 0.5) is 5.82 Å². The number of aromatic nitrogens is 1. The van der Waals surface area contributed by atoms with Crippen LogP contribution in [0.2, 0.25) is 0 Å². The fourth-order valence-electron chi connectivity index (χ4n) is 4.35. The molecule has 0 radical (unpaired) electrons. The van der Waals surface area contributed by atoms with Crippen LogP contribution in [0.1, 0.15) is 55.1 Å². The van der Waals surface area contributed by atoms with Crippen molar-refractivity contribution in [3.8, 4) is 6.07 Å². The number of anilines is 1. The Kier molecular flexibility index (Phi) is 7.05. The van der Waals surface area contributed by atoms with Gasteiger partial charge in [0.1, 0.15) is 27.5 Å². The number of furan rings is 1. The molecule has 0 spiro atoms. The number of thiocarbonyl (C=S) groups is 1. The lowest BCUT2D eigenvalue weighted by atomic mass is 10.0. The Morgan fingerprint density at radius 3 is 2.67 bits per heavy atom. The molecule has 33 heavy (non-hydrogen) atoms. The van der Waals surface area contributed by atoms with E-state index in [0.29, 0.717) is 27.1 Å². The van der Waals surface area contributed by atoms with E-state index >= 15 is 0 Å². The first-order valence-electron chi connectivity index (χ1n) is 11.2. The number of pyridine rings is 1. The van der Waals surface area contributed by atoms with E-state index in [-0.39, 0.29) is 23.6 Å². The average Bonchev–Trinajstić information content (AvgIpc) is 3.42. The van der Waals surface area contributed by atoms with E-state index in [4.69, 9.17) is 16.6 Å². The molecule has 7 nitrogen and oxygen atoms in total. The van der Waals surface area contributed by atoms with Crippen molar-refractivity contribution in [3.05, 3.63) is 56.1 Å². The van der Waals surface area contributed by atoms with Crippen molar-refractivity contribution >= 4 is 46.1 Å². The van der Waals surface area contributed by atoms with Crippen LogP contribution in [0.25, 0.3) is 6.08 Å². The van der Waals surface area contributed by atoms with Crippen LogP contribution < -0.4 is 10.5 Å². The fraction of sp³-hybridized carbons (Fsp3) is 0.417. The van der Waals surface area contributed by atoms with Crippen LogP contribution in [0.5, 0.6) is 0 Å². The lowest BCUT2D eigenvalue weighted by molar-refractivity contribution is -0.122. The fourth-order valence-corrected chi connectivity index (χ4v) is 5.58. The maximum Gasteiger partial charge on any atom is 0.270 e. The molecule has 2 aliphatic heterocycles. The number of carbonyl (C=O) groups excluding carboxylic acids is 1. The number of hydrogen-bond acceptors (Lipinski definition) is 7. The molecule has 0 bridgehead atoms. The largest absolute Gasteiger partial charge is 0.467 e. The van der Waals surface area contributed by atoms with E-state index in [1.54, 1.807) is 29.9 Å². The summed E-state index contributed by atoms with van der Waals surface area (Å²) < 4.78 is 7.56. The van der Waals surface area contributed by atoms with E-state index in [2.05, 4.69) is 11.0 Å². The molecule has 0 aromatic carbocycles. The van der Waals surface area contributed by atoms with Gasteiger partial charge in [-0.05, 0) is 56.4 Å². The van der Waals surface area contributed by atoms with Crippen LogP contribution in [0.3, 0.4) is 0 Å². The summed E-state index contributed by atoms with van der Waals surface area (Å²) in [6, 6.07) is 5.68. The Balaban J connectivity index is 1.84. The molecule has 2 aromatic rings. The van der Waals surface area contributed by atoms with Gasteiger partial charge in [-0.15, -0.1) is 0 Å². The van der Waals surface area contributed by atoms with Crippen molar-refractivity contribution in [1.82, 2.24) is 9.47 Å². The number of rotatable bonds is 6. The highest BCUT2D eigenvalue weighted by molar-refractivity contribution is 8.26. The standard InChI is InChI=1S/C24H26N4O3S2/c1-3-9-27-21(26-10-5-4-6-11-26)18(16(2)19(14-25)22(27)29)13-20-23(30)28(24(32)33-20)15-17-8-7-12-31-17/h7-8,12-13H,3-6,9-11,15H2,1-2H3/b20-13-. The Morgan fingerprint density at radius 2 is 2.03 bits per heavy atom. The van der Waals surface area contributed by atoms with Crippen LogP contribution in [0.15, 0.2) is 32.5 Å². The number of nitriles is 1. The van der Waals surface area contributed by atoms with Gasteiger partial charge in [-0.25, -0.2) is 0 Å². The Hall–Kier alpha value is -2.83. The average molecular weight is 483 g/mol. The minimum atomic E-state index is -0.264. The molecule has 9 heteroatoms. The first-order chi connectivity index (χ1) is 16.0. The van der Waals surface area contributed by atoms with Gasteiger partial charge >= 0.3 is 0 Å². The van der Waals surface area contributed by atoms with Crippen molar-refractivity contribution in [1.29, 1.82) is 5.26 Å². The number of piperidine rings is 1. The molecule has 0 N–H and O–H groups in total. The first kappa shape index (κ1) is 23.3. The number of nitrogens with zero attached hydrogens (tertiary/aromatic N) is 4. The molecule has 2 aromatic heterocycles. The second-order valence-electron chi connectivity index (χ2n) is 8.20. The van der Waals surface area contributed by atoms with Crippen LogP contribution in [-0.4, -0.2) is 32.8 Å². The third kappa shape index (κ3) is 4.50. The second-order valence-corrected chi connectivity index (χ2v) is 9.88. The monoisotopic (exact) mass is 482 g/mol. The summed E-state index contributed by atoms with van der Waals surface area (Å²) in [5, 5.41) is 9.75. The molecular formula is C24H26N4O3S2. The van der Waals surface area contributed by atoms with Gasteiger partial charge in [-0.2, -0.15) is 5.26 Å².